The standard InChI is InChI=1S/C20H23N5O/c1-24-9-11-25(12-10-24)14-15-5-4-6-16(13-15)21-20(26)19-17-7-2-3-8-18(17)22-23-19/h2-8,13H,9-12,14H2,1H3,(H,21,26)(H,22,23). The molecular weight excluding hydrogens is 326 g/mol. The molecule has 1 amide bonds. The molecule has 1 aromatic heterocycles. The Labute approximate surface area is 152 Å². The number of aromatic amines is 1. The van der Waals surface area contributed by atoms with Crippen molar-refractivity contribution in [1.82, 2.24) is 20.0 Å². The van der Waals surface area contributed by atoms with Crippen LogP contribution in [0.15, 0.2) is 48.5 Å². The summed E-state index contributed by atoms with van der Waals surface area (Å²) in [5.74, 6) is -0.195. The maximum absolute atomic E-state index is 12.6. The molecule has 2 N–H and O–H groups in total. The first-order chi connectivity index (χ1) is 12.7. The van der Waals surface area contributed by atoms with E-state index in [0.717, 1.165) is 49.3 Å². The molecule has 1 fully saturated rings. The zero-order valence-corrected chi connectivity index (χ0v) is 14.9. The molecule has 3 aromatic rings. The highest BCUT2D eigenvalue weighted by molar-refractivity contribution is 6.11. The van der Waals surface area contributed by atoms with Crippen LogP contribution < -0.4 is 5.32 Å². The molecule has 1 aliphatic rings. The molecule has 0 unspecified atom stereocenters. The lowest BCUT2D eigenvalue weighted by Crippen LogP contribution is -2.43. The molecule has 4 rings (SSSR count). The number of nitrogens with zero attached hydrogens (tertiary/aromatic N) is 3. The lowest BCUT2D eigenvalue weighted by Gasteiger charge is -2.32. The third-order valence-corrected chi connectivity index (χ3v) is 4.87. The summed E-state index contributed by atoms with van der Waals surface area (Å²) in [5, 5.41) is 10.9. The summed E-state index contributed by atoms with van der Waals surface area (Å²) in [5.41, 5.74) is 3.29. The van der Waals surface area contributed by atoms with Gasteiger partial charge in [-0.1, -0.05) is 30.3 Å². The molecule has 6 nitrogen and oxygen atoms in total. The fraction of sp³-hybridized carbons (Fsp3) is 0.300. The molecule has 0 radical (unpaired) electrons. The molecule has 0 bridgehead atoms. The molecule has 6 heteroatoms. The highest BCUT2D eigenvalue weighted by Gasteiger charge is 2.16. The second-order valence-electron chi connectivity index (χ2n) is 6.85. The average Bonchev–Trinajstić information content (AvgIpc) is 3.08. The predicted molar refractivity (Wildman–Crippen MR) is 103 cm³/mol. The van der Waals surface area contributed by atoms with Gasteiger partial charge in [-0.15, -0.1) is 0 Å². The number of aromatic nitrogens is 2. The van der Waals surface area contributed by atoms with E-state index in [-0.39, 0.29) is 5.91 Å². The maximum Gasteiger partial charge on any atom is 0.276 e. The van der Waals surface area contributed by atoms with E-state index in [1.165, 1.54) is 5.56 Å². The van der Waals surface area contributed by atoms with Gasteiger partial charge in [-0.05, 0) is 30.8 Å². The van der Waals surface area contributed by atoms with Crippen LogP contribution in [0.4, 0.5) is 5.69 Å². The minimum atomic E-state index is -0.195. The number of carbonyl (C=O) groups is 1. The van der Waals surface area contributed by atoms with Crippen molar-refractivity contribution < 1.29 is 4.79 Å². The topological polar surface area (TPSA) is 64.3 Å². The molecule has 0 atom stereocenters. The fourth-order valence-corrected chi connectivity index (χ4v) is 3.34. The molecule has 2 aromatic carbocycles. The van der Waals surface area contributed by atoms with Gasteiger partial charge in [0.25, 0.3) is 5.91 Å². The highest BCUT2D eigenvalue weighted by atomic mass is 16.1. The first kappa shape index (κ1) is 16.8. The van der Waals surface area contributed by atoms with Crippen molar-refractivity contribution >= 4 is 22.5 Å². The number of hydrogen-bond acceptors (Lipinski definition) is 4. The summed E-state index contributed by atoms with van der Waals surface area (Å²) in [6.45, 7) is 5.26. The molecular formula is C20H23N5O. The predicted octanol–water partition coefficient (Wildman–Crippen LogP) is 2.56. The maximum atomic E-state index is 12.6. The van der Waals surface area contributed by atoms with Gasteiger partial charge in [0, 0.05) is 43.8 Å². The summed E-state index contributed by atoms with van der Waals surface area (Å²) in [4.78, 5) is 17.4. The van der Waals surface area contributed by atoms with Gasteiger partial charge < -0.3 is 10.2 Å². The van der Waals surface area contributed by atoms with Gasteiger partial charge in [-0.2, -0.15) is 5.10 Å². The van der Waals surface area contributed by atoms with Crippen LogP contribution in [0.2, 0.25) is 0 Å². The van der Waals surface area contributed by atoms with Crippen LogP contribution in [0, 0.1) is 0 Å². The van der Waals surface area contributed by atoms with E-state index in [1.54, 1.807) is 0 Å². The normalized spacial score (nSPS) is 16.0. The molecule has 1 aliphatic heterocycles. The van der Waals surface area contributed by atoms with Crippen LogP contribution in [0.25, 0.3) is 10.9 Å². The number of nitrogens with one attached hydrogen (secondary N) is 2. The molecule has 2 heterocycles. The third kappa shape index (κ3) is 3.61. The second kappa shape index (κ2) is 7.27. The van der Waals surface area contributed by atoms with Crippen LogP contribution in [-0.4, -0.2) is 59.1 Å². The Morgan fingerprint density at radius 2 is 1.92 bits per heavy atom. The molecule has 0 aliphatic carbocycles. The van der Waals surface area contributed by atoms with Gasteiger partial charge >= 0.3 is 0 Å². The van der Waals surface area contributed by atoms with Crippen molar-refractivity contribution in [3.05, 3.63) is 59.8 Å². The molecule has 134 valence electrons. The number of para-hydroxylation sites is 1. The van der Waals surface area contributed by atoms with Gasteiger partial charge in [-0.25, -0.2) is 0 Å². The highest BCUT2D eigenvalue weighted by Crippen LogP contribution is 2.18. The van der Waals surface area contributed by atoms with Crippen LogP contribution in [0.3, 0.4) is 0 Å². The molecule has 1 saturated heterocycles. The lowest BCUT2D eigenvalue weighted by molar-refractivity contribution is 0.102. The number of H-pyrrole nitrogens is 1. The average molecular weight is 349 g/mol. The molecule has 0 spiro atoms. The third-order valence-electron chi connectivity index (χ3n) is 4.87. The molecule has 0 saturated carbocycles. The van der Waals surface area contributed by atoms with Gasteiger partial charge in [0.15, 0.2) is 5.69 Å². The van der Waals surface area contributed by atoms with Gasteiger partial charge in [-0.3, -0.25) is 14.8 Å². The summed E-state index contributed by atoms with van der Waals surface area (Å²) >= 11 is 0. The SMILES string of the molecule is CN1CCN(Cc2cccc(NC(=O)c3n[nH]c4ccccc34)c2)CC1. The quantitative estimate of drug-likeness (QED) is 0.760. The summed E-state index contributed by atoms with van der Waals surface area (Å²) in [7, 11) is 2.16. The van der Waals surface area contributed by atoms with Crippen LogP contribution in [0.5, 0.6) is 0 Å². The first-order valence-corrected chi connectivity index (χ1v) is 8.93. The zero-order valence-electron chi connectivity index (χ0n) is 14.9. The Morgan fingerprint density at radius 3 is 2.77 bits per heavy atom. The summed E-state index contributed by atoms with van der Waals surface area (Å²) < 4.78 is 0. The van der Waals surface area contributed by atoms with Crippen LogP contribution >= 0.6 is 0 Å². The number of piperazine rings is 1. The number of carbonyl (C=O) groups excluding carboxylic acids is 1. The van der Waals surface area contributed by atoms with E-state index >= 15 is 0 Å². The van der Waals surface area contributed by atoms with E-state index in [2.05, 4.69) is 38.4 Å². The van der Waals surface area contributed by atoms with Gasteiger partial charge in [0.2, 0.25) is 0 Å². The van der Waals surface area contributed by atoms with E-state index < -0.39 is 0 Å². The second-order valence-corrected chi connectivity index (χ2v) is 6.85. The van der Waals surface area contributed by atoms with Crippen molar-refractivity contribution in [1.29, 1.82) is 0 Å². The van der Waals surface area contributed by atoms with E-state index in [0.29, 0.717) is 5.69 Å². The van der Waals surface area contributed by atoms with E-state index in [1.807, 2.05) is 42.5 Å². The smallest absolute Gasteiger partial charge is 0.276 e. The number of rotatable bonds is 4. The monoisotopic (exact) mass is 349 g/mol. The Hall–Kier alpha value is -2.70. The number of anilines is 1. The summed E-state index contributed by atoms with van der Waals surface area (Å²) in [6, 6.07) is 15.7. The van der Waals surface area contributed by atoms with Gasteiger partial charge in [0.05, 0.1) is 5.52 Å². The minimum absolute atomic E-state index is 0.195. The first-order valence-electron chi connectivity index (χ1n) is 8.93. The van der Waals surface area contributed by atoms with Crippen molar-refractivity contribution in [3.8, 4) is 0 Å². The van der Waals surface area contributed by atoms with Crippen molar-refractivity contribution in [2.75, 3.05) is 38.5 Å². The lowest BCUT2D eigenvalue weighted by atomic mass is 10.1. The number of hydrogen-bond donors (Lipinski definition) is 2. The van der Waals surface area contributed by atoms with Crippen molar-refractivity contribution in [3.63, 3.8) is 0 Å². The largest absolute Gasteiger partial charge is 0.321 e. The van der Waals surface area contributed by atoms with E-state index in [9.17, 15) is 4.79 Å². The molecule has 26 heavy (non-hydrogen) atoms. The van der Waals surface area contributed by atoms with Crippen molar-refractivity contribution in [2.24, 2.45) is 0 Å². The number of benzene rings is 2. The minimum Gasteiger partial charge on any atom is -0.321 e. The zero-order chi connectivity index (χ0) is 17.9. The Balaban J connectivity index is 1.46. The van der Waals surface area contributed by atoms with E-state index in [4.69, 9.17) is 0 Å². The van der Waals surface area contributed by atoms with Crippen molar-refractivity contribution in [2.45, 2.75) is 6.54 Å². The van der Waals surface area contributed by atoms with Gasteiger partial charge in [0.1, 0.15) is 0 Å². The number of likely N-dealkylation sites (N-methyl/N-ethyl adjacent to an activating group) is 1. The van der Waals surface area contributed by atoms with Crippen LogP contribution in [0.1, 0.15) is 16.1 Å². The van der Waals surface area contributed by atoms with Crippen LogP contribution in [-0.2, 0) is 6.54 Å². The fourth-order valence-electron chi connectivity index (χ4n) is 3.34. The Kier molecular flexibility index (Phi) is 4.69. The number of fused-ring (bicyclic) bond motifs is 1. The Morgan fingerprint density at radius 1 is 1.12 bits per heavy atom. The Bertz CT molecular complexity index is 911. The summed E-state index contributed by atoms with van der Waals surface area (Å²) in [6.07, 6.45) is 0. The number of amides is 1.